The molecule has 1 amide bonds. The van der Waals surface area contributed by atoms with Crippen LogP contribution >= 0.6 is 0 Å². The molecule has 1 aromatic heterocycles. The first kappa shape index (κ1) is 9.76. The minimum absolute atomic E-state index is 0.226. The molecule has 5 nitrogen and oxygen atoms in total. The van der Waals surface area contributed by atoms with Gasteiger partial charge in [0.05, 0.1) is 19.4 Å². The van der Waals surface area contributed by atoms with E-state index >= 15 is 0 Å². The Bertz CT molecular complexity index is 388. The number of carbonyl (C=O) groups excluding carboxylic acids is 1. The van der Waals surface area contributed by atoms with Gasteiger partial charge in [-0.05, 0) is 12.8 Å². The number of ether oxygens (including phenoxy) is 2. The lowest BCUT2D eigenvalue weighted by Crippen LogP contribution is -2.14. The van der Waals surface area contributed by atoms with E-state index in [1.165, 1.54) is 19.5 Å². The lowest BCUT2D eigenvalue weighted by Gasteiger charge is -2.11. The number of aromatic nitrogens is 1. The second-order valence-corrected chi connectivity index (χ2v) is 3.40. The molecule has 0 spiro atoms. The van der Waals surface area contributed by atoms with Crippen LogP contribution in [-0.2, 0) is 0 Å². The van der Waals surface area contributed by atoms with Crippen LogP contribution in [0.5, 0.6) is 11.5 Å². The Morgan fingerprint density at radius 1 is 1.53 bits per heavy atom. The zero-order valence-electron chi connectivity index (χ0n) is 8.40. The first-order valence-electron chi connectivity index (χ1n) is 4.71. The van der Waals surface area contributed by atoms with Gasteiger partial charge in [-0.1, -0.05) is 0 Å². The molecule has 5 heteroatoms. The monoisotopic (exact) mass is 208 g/mol. The van der Waals surface area contributed by atoms with E-state index < -0.39 is 5.91 Å². The number of hydrogen-bond acceptors (Lipinski definition) is 4. The lowest BCUT2D eigenvalue weighted by atomic mass is 10.2. The van der Waals surface area contributed by atoms with Crippen molar-refractivity contribution in [2.24, 2.45) is 5.73 Å². The number of primary amides is 1. The van der Waals surface area contributed by atoms with Crippen LogP contribution in [0.3, 0.4) is 0 Å². The molecule has 0 radical (unpaired) electrons. The van der Waals surface area contributed by atoms with Crippen LogP contribution in [0.15, 0.2) is 12.4 Å². The van der Waals surface area contributed by atoms with Gasteiger partial charge in [0, 0.05) is 6.20 Å². The summed E-state index contributed by atoms with van der Waals surface area (Å²) >= 11 is 0. The highest BCUT2D eigenvalue weighted by molar-refractivity contribution is 5.96. The van der Waals surface area contributed by atoms with Gasteiger partial charge in [-0.25, -0.2) is 0 Å². The summed E-state index contributed by atoms with van der Waals surface area (Å²) in [5, 5.41) is 0. The summed E-state index contributed by atoms with van der Waals surface area (Å²) in [6.45, 7) is 0. The fourth-order valence-electron chi connectivity index (χ4n) is 1.26. The zero-order chi connectivity index (χ0) is 10.8. The van der Waals surface area contributed by atoms with Gasteiger partial charge in [0.2, 0.25) is 0 Å². The maximum atomic E-state index is 11.1. The van der Waals surface area contributed by atoms with E-state index in [1.807, 2.05) is 0 Å². The van der Waals surface area contributed by atoms with Crippen LogP contribution < -0.4 is 15.2 Å². The maximum Gasteiger partial charge on any atom is 0.254 e. The van der Waals surface area contributed by atoms with E-state index in [1.54, 1.807) is 0 Å². The van der Waals surface area contributed by atoms with Gasteiger partial charge in [-0.2, -0.15) is 0 Å². The molecule has 2 N–H and O–H groups in total. The van der Waals surface area contributed by atoms with E-state index in [4.69, 9.17) is 15.2 Å². The number of hydrogen-bond donors (Lipinski definition) is 1. The van der Waals surface area contributed by atoms with Crippen LogP contribution in [-0.4, -0.2) is 24.1 Å². The Balaban J connectivity index is 2.34. The third-order valence-corrected chi connectivity index (χ3v) is 2.15. The number of rotatable bonds is 4. The first-order chi connectivity index (χ1) is 7.22. The summed E-state index contributed by atoms with van der Waals surface area (Å²) in [6, 6.07) is 0. The Morgan fingerprint density at radius 3 is 2.80 bits per heavy atom. The van der Waals surface area contributed by atoms with Crippen molar-refractivity contribution >= 4 is 5.91 Å². The van der Waals surface area contributed by atoms with Gasteiger partial charge in [0.15, 0.2) is 11.5 Å². The average molecular weight is 208 g/mol. The number of carbonyl (C=O) groups is 1. The third kappa shape index (κ3) is 2.01. The second kappa shape index (κ2) is 3.76. The van der Waals surface area contributed by atoms with Gasteiger partial charge >= 0.3 is 0 Å². The maximum absolute atomic E-state index is 11.1. The SMILES string of the molecule is COc1c(OC2CC2)cncc1C(N)=O. The van der Waals surface area contributed by atoms with Gasteiger partial charge in [0.1, 0.15) is 5.56 Å². The molecule has 15 heavy (non-hydrogen) atoms. The van der Waals surface area contributed by atoms with Crippen molar-refractivity contribution in [2.45, 2.75) is 18.9 Å². The molecular weight excluding hydrogens is 196 g/mol. The summed E-state index contributed by atoms with van der Waals surface area (Å²) in [5.41, 5.74) is 5.44. The normalized spacial score (nSPS) is 14.7. The molecule has 1 aromatic rings. The zero-order valence-corrected chi connectivity index (χ0v) is 8.40. The lowest BCUT2D eigenvalue weighted by molar-refractivity contribution is 0.0996. The Morgan fingerprint density at radius 2 is 2.27 bits per heavy atom. The number of nitrogens with zero attached hydrogens (tertiary/aromatic N) is 1. The van der Waals surface area contributed by atoms with E-state index in [2.05, 4.69) is 4.98 Å². The van der Waals surface area contributed by atoms with Crippen LogP contribution in [0.1, 0.15) is 23.2 Å². The summed E-state index contributed by atoms with van der Waals surface area (Å²) in [5.74, 6) is 0.279. The topological polar surface area (TPSA) is 74.4 Å². The molecule has 0 atom stereocenters. The molecule has 1 aliphatic carbocycles. The summed E-state index contributed by atoms with van der Waals surface area (Å²) in [6.07, 6.45) is 5.20. The fraction of sp³-hybridized carbons (Fsp3) is 0.400. The molecule has 1 heterocycles. The minimum atomic E-state index is -0.569. The third-order valence-electron chi connectivity index (χ3n) is 2.15. The number of nitrogens with two attached hydrogens (primary N) is 1. The van der Waals surface area contributed by atoms with Crippen LogP contribution in [0.2, 0.25) is 0 Å². The van der Waals surface area contributed by atoms with Crippen molar-refractivity contribution in [3.63, 3.8) is 0 Å². The van der Waals surface area contributed by atoms with Crippen molar-refractivity contribution in [1.82, 2.24) is 4.98 Å². The Hall–Kier alpha value is -1.78. The summed E-state index contributed by atoms with van der Waals surface area (Å²) in [4.78, 5) is 15.0. The van der Waals surface area contributed by atoms with Gasteiger partial charge in [0.25, 0.3) is 5.91 Å². The molecule has 1 aliphatic rings. The Kier molecular flexibility index (Phi) is 2.45. The van der Waals surface area contributed by atoms with Crippen LogP contribution in [0.4, 0.5) is 0 Å². The molecule has 0 saturated heterocycles. The van der Waals surface area contributed by atoms with Gasteiger partial charge in [-0.3, -0.25) is 9.78 Å². The van der Waals surface area contributed by atoms with Crippen LogP contribution in [0, 0.1) is 0 Å². The standard InChI is InChI=1S/C10H12N2O3/c1-14-9-7(10(11)13)4-12-5-8(9)15-6-2-3-6/h4-6H,2-3H2,1H3,(H2,11,13). The summed E-state index contributed by atoms with van der Waals surface area (Å²) < 4.78 is 10.6. The Labute approximate surface area is 87.2 Å². The number of methoxy groups -OCH3 is 1. The van der Waals surface area contributed by atoms with E-state index in [9.17, 15) is 4.79 Å². The molecular formula is C10H12N2O3. The molecule has 0 aliphatic heterocycles. The average Bonchev–Trinajstić information content (AvgIpc) is 3.01. The fourth-order valence-corrected chi connectivity index (χ4v) is 1.26. The van der Waals surface area contributed by atoms with Crippen molar-refractivity contribution in [2.75, 3.05) is 7.11 Å². The first-order valence-corrected chi connectivity index (χ1v) is 4.71. The summed E-state index contributed by atoms with van der Waals surface area (Å²) in [7, 11) is 1.47. The molecule has 0 aromatic carbocycles. The highest BCUT2D eigenvalue weighted by Gasteiger charge is 2.26. The predicted octanol–water partition coefficient (Wildman–Crippen LogP) is 0.730. The van der Waals surface area contributed by atoms with E-state index in [0.717, 1.165) is 12.8 Å². The molecule has 1 fully saturated rings. The van der Waals surface area contributed by atoms with Crippen molar-refractivity contribution in [1.29, 1.82) is 0 Å². The molecule has 0 unspecified atom stereocenters. The van der Waals surface area contributed by atoms with Crippen molar-refractivity contribution in [3.8, 4) is 11.5 Å². The number of amides is 1. The smallest absolute Gasteiger partial charge is 0.254 e. The van der Waals surface area contributed by atoms with Gasteiger partial charge < -0.3 is 15.2 Å². The van der Waals surface area contributed by atoms with E-state index in [-0.39, 0.29) is 11.7 Å². The van der Waals surface area contributed by atoms with E-state index in [0.29, 0.717) is 11.5 Å². The molecule has 0 bridgehead atoms. The van der Waals surface area contributed by atoms with Crippen molar-refractivity contribution in [3.05, 3.63) is 18.0 Å². The minimum Gasteiger partial charge on any atom is -0.492 e. The van der Waals surface area contributed by atoms with Crippen molar-refractivity contribution < 1.29 is 14.3 Å². The highest BCUT2D eigenvalue weighted by atomic mass is 16.5. The van der Waals surface area contributed by atoms with Crippen LogP contribution in [0.25, 0.3) is 0 Å². The quantitative estimate of drug-likeness (QED) is 0.791. The molecule has 1 saturated carbocycles. The number of pyridine rings is 1. The molecule has 80 valence electrons. The highest BCUT2D eigenvalue weighted by Crippen LogP contribution is 2.34. The van der Waals surface area contributed by atoms with Gasteiger partial charge in [-0.15, -0.1) is 0 Å². The largest absolute Gasteiger partial charge is 0.492 e. The molecule has 2 rings (SSSR count). The second-order valence-electron chi connectivity index (χ2n) is 3.40. The predicted molar refractivity (Wildman–Crippen MR) is 53.0 cm³/mol.